The van der Waals surface area contributed by atoms with Gasteiger partial charge >= 0.3 is 0 Å². The van der Waals surface area contributed by atoms with Gasteiger partial charge in [0, 0.05) is 48.0 Å². The lowest BCUT2D eigenvalue weighted by molar-refractivity contribution is 0.0708. The number of benzene rings is 2. The van der Waals surface area contributed by atoms with Gasteiger partial charge < -0.3 is 9.47 Å². The Kier molecular flexibility index (Phi) is 5.77. The van der Waals surface area contributed by atoms with E-state index in [-0.39, 0.29) is 12.5 Å². The van der Waals surface area contributed by atoms with Crippen LogP contribution in [0.15, 0.2) is 72.9 Å². The average Bonchev–Trinajstić information content (AvgIpc) is 3.52. The van der Waals surface area contributed by atoms with E-state index in [1.165, 1.54) is 18.2 Å². The molecule has 10 heteroatoms. The zero-order valence-electron chi connectivity index (χ0n) is 19.8. The second-order valence-electron chi connectivity index (χ2n) is 8.77. The molecule has 184 valence electrons. The van der Waals surface area contributed by atoms with Crippen molar-refractivity contribution in [2.75, 3.05) is 6.54 Å². The fourth-order valence-electron chi connectivity index (χ4n) is 4.58. The first kappa shape index (κ1) is 23.1. The monoisotopic (exact) mass is 513 g/mol. The van der Waals surface area contributed by atoms with Crippen molar-refractivity contribution < 1.29 is 9.18 Å². The highest BCUT2D eigenvalue weighted by atomic mass is 35.5. The molecule has 0 fully saturated rings. The second kappa shape index (κ2) is 9.25. The molecule has 0 saturated carbocycles. The molecule has 5 aromatic rings. The van der Waals surface area contributed by atoms with Crippen LogP contribution in [0.5, 0.6) is 0 Å². The number of aromatic nitrogens is 6. The van der Waals surface area contributed by atoms with Crippen LogP contribution >= 0.6 is 11.6 Å². The summed E-state index contributed by atoms with van der Waals surface area (Å²) in [4.78, 5) is 19.8. The third kappa shape index (κ3) is 4.27. The lowest BCUT2D eigenvalue weighted by Gasteiger charge is -2.28. The van der Waals surface area contributed by atoms with Crippen molar-refractivity contribution in [3.63, 3.8) is 0 Å². The molecule has 2 aromatic carbocycles. The van der Waals surface area contributed by atoms with Crippen LogP contribution in [0.2, 0.25) is 5.02 Å². The summed E-state index contributed by atoms with van der Waals surface area (Å²) in [6, 6.07) is 19.0. The second-order valence-corrected chi connectivity index (χ2v) is 9.20. The number of amides is 1. The number of carbonyl (C=O) groups excluding carboxylic acids is 1. The molecule has 0 unspecified atom stereocenters. The minimum atomic E-state index is -0.431. The van der Waals surface area contributed by atoms with Crippen molar-refractivity contribution in [1.29, 1.82) is 0 Å². The largest absolute Gasteiger partial charge is 0.329 e. The van der Waals surface area contributed by atoms with Crippen molar-refractivity contribution in [2.45, 2.75) is 13.1 Å². The van der Waals surface area contributed by atoms with Crippen LogP contribution in [0, 0.1) is 5.82 Å². The molecular formula is C27H21ClFN7O. The molecule has 0 saturated heterocycles. The van der Waals surface area contributed by atoms with Crippen molar-refractivity contribution in [2.24, 2.45) is 7.05 Å². The van der Waals surface area contributed by atoms with E-state index in [9.17, 15) is 9.18 Å². The Balaban J connectivity index is 1.32. The fourth-order valence-corrected chi connectivity index (χ4v) is 4.71. The van der Waals surface area contributed by atoms with Crippen molar-refractivity contribution in [3.8, 4) is 34.0 Å². The molecule has 6 rings (SSSR count). The molecule has 0 N–H and O–H groups in total. The van der Waals surface area contributed by atoms with Crippen LogP contribution < -0.4 is 0 Å². The first-order chi connectivity index (χ1) is 18.0. The Morgan fingerprint density at radius 1 is 0.973 bits per heavy atom. The molecule has 0 radical (unpaired) electrons. The van der Waals surface area contributed by atoms with Gasteiger partial charge in [0.15, 0.2) is 11.6 Å². The Bertz CT molecular complexity index is 1610. The van der Waals surface area contributed by atoms with Crippen LogP contribution in [-0.2, 0) is 20.1 Å². The number of pyridine rings is 1. The van der Waals surface area contributed by atoms with E-state index in [0.29, 0.717) is 52.3 Å². The predicted octanol–water partition coefficient (Wildman–Crippen LogP) is 4.86. The minimum Gasteiger partial charge on any atom is -0.329 e. The summed E-state index contributed by atoms with van der Waals surface area (Å²) in [6.07, 6.45) is 1.71. The zero-order valence-corrected chi connectivity index (χ0v) is 20.6. The van der Waals surface area contributed by atoms with Crippen LogP contribution in [0.3, 0.4) is 0 Å². The van der Waals surface area contributed by atoms with Gasteiger partial charge in [0.25, 0.3) is 5.91 Å². The predicted molar refractivity (Wildman–Crippen MR) is 137 cm³/mol. The van der Waals surface area contributed by atoms with Crippen LogP contribution in [0.4, 0.5) is 4.39 Å². The smallest absolute Gasteiger partial charge is 0.255 e. The summed E-state index contributed by atoms with van der Waals surface area (Å²) in [7, 11) is 1.77. The van der Waals surface area contributed by atoms with E-state index < -0.39 is 5.82 Å². The summed E-state index contributed by atoms with van der Waals surface area (Å²) in [5.41, 5.74) is 3.80. The lowest BCUT2D eigenvalue weighted by atomic mass is 10.0. The molecule has 0 atom stereocenters. The molecule has 1 aliphatic heterocycles. The molecule has 3 aromatic heterocycles. The van der Waals surface area contributed by atoms with Gasteiger partial charge in [-0.25, -0.2) is 4.39 Å². The van der Waals surface area contributed by atoms with Crippen molar-refractivity contribution in [1.82, 2.24) is 34.4 Å². The van der Waals surface area contributed by atoms with Crippen molar-refractivity contribution in [3.05, 3.63) is 95.2 Å². The quantitative estimate of drug-likeness (QED) is 0.343. The Hall–Kier alpha value is -4.37. The maximum atomic E-state index is 14.4. The third-order valence-electron chi connectivity index (χ3n) is 6.44. The number of fused-ring (bicyclic) bond motifs is 1. The van der Waals surface area contributed by atoms with Gasteiger partial charge in [0.05, 0.1) is 17.9 Å². The minimum absolute atomic E-state index is 0.210. The number of halogens is 2. The number of hydrogen-bond acceptors (Lipinski definition) is 5. The van der Waals surface area contributed by atoms with E-state index >= 15 is 0 Å². The first-order valence-corrected chi connectivity index (χ1v) is 12.1. The maximum absolute atomic E-state index is 14.4. The van der Waals surface area contributed by atoms with Gasteiger partial charge in [0.1, 0.15) is 11.5 Å². The summed E-state index contributed by atoms with van der Waals surface area (Å²) >= 11 is 6.02. The SMILES string of the molecule is Cn1nc(-c2ccc(Cl)cc2)cc1-c1cc(F)ccc1C(=O)N1CCn2c(nnc2-c2ccccn2)C1. The van der Waals surface area contributed by atoms with Crippen LogP contribution in [-0.4, -0.2) is 46.9 Å². The number of carbonyl (C=O) groups is 1. The molecule has 0 aliphatic carbocycles. The van der Waals surface area contributed by atoms with Gasteiger partial charge in [-0.15, -0.1) is 10.2 Å². The molecule has 4 heterocycles. The van der Waals surface area contributed by atoms with E-state index in [1.54, 1.807) is 35.0 Å². The molecule has 8 nitrogen and oxygen atoms in total. The molecular weight excluding hydrogens is 493 g/mol. The highest BCUT2D eigenvalue weighted by Crippen LogP contribution is 2.31. The van der Waals surface area contributed by atoms with E-state index in [2.05, 4.69) is 20.3 Å². The summed E-state index contributed by atoms with van der Waals surface area (Å²) in [5, 5.41) is 13.8. The van der Waals surface area contributed by atoms with Crippen LogP contribution in [0.25, 0.3) is 34.0 Å². The Morgan fingerprint density at radius 3 is 2.59 bits per heavy atom. The average molecular weight is 514 g/mol. The third-order valence-corrected chi connectivity index (χ3v) is 6.69. The first-order valence-electron chi connectivity index (χ1n) is 11.7. The number of hydrogen-bond donors (Lipinski definition) is 0. The molecule has 37 heavy (non-hydrogen) atoms. The molecule has 0 spiro atoms. The molecule has 1 aliphatic rings. The fraction of sp³-hybridized carbons (Fsp3) is 0.148. The highest BCUT2D eigenvalue weighted by molar-refractivity contribution is 6.30. The van der Waals surface area contributed by atoms with Gasteiger partial charge in [-0.05, 0) is 48.5 Å². The summed E-state index contributed by atoms with van der Waals surface area (Å²) < 4.78 is 18.0. The number of nitrogens with zero attached hydrogens (tertiary/aromatic N) is 7. The van der Waals surface area contributed by atoms with Gasteiger partial charge in [-0.1, -0.05) is 29.8 Å². The zero-order chi connectivity index (χ0) is 25.5. The van der Waals surface area contributed by atoms with Crippen molar-refractivity contribution >= 4 is 17.5 Å². The van der Waals surface area contributed by atoms with Gasteiger partial charge in [-0.2, -0.15) is 5.10 Å². The van der Waals surface area contributed by atoms with Crippen LogP contribution in [0.1, 0.15) is 16.2 Å². The Labute approximate surface area is 217 Å². The van der Waals surface area contributed by atoms with Gasteiger partial charge in [-0.3, -0.25) is 14.5 Å². The number of aryl methyl sites for hydroxylation is 1. The maximum Gasteiger partial charge on any atom is 0.255 e. The lowest BCUT2D eigenvalue weighted by Crippen LogP contribution is -2.38. The topological polar surface area (TPSA) is 81.7 Å². The Morgan fingerprint density at radius 2 is 1.81 bits per heavy atom. The van der Waals surface area contributed by atoms with Gasteiger partial charge in [0.2, 0.25) is 0 Å². The summed E-state index contributed by atoms with van der Waals surface area (Å²) in [6.45, 7) is 1.28. The molecule has 1 amide bonds. The van der Waals surface area contributed by atoms with E-state index in [0.717, 1.165) is 11.3 Å². The van der Waals surface area contributed by atoms with E-state index in [4.69, 9.17) is 11.6 Å². The summed E-state index contributed by atoms with van der Waals surface area (Å²) in [5.74, 6) is 0.710. The normalized spacial score (nSPS) is 13.0. The van der Waals surface area contributed by atoms with E-state index in [1.807, 2.05) is 41.0 Å². The molecule has 0 bridgehead atoms. The highest BCUT2D eigenvalue weighted by Gasteiger charge is 2.28. The number of rotatable bonds is 4. The standard InChI is InChI=1S/C27H21ClFN7O/c1-34-24(15-23(33-34)17-5-7-18(28)8-6-17)21-14-19(29)9-10-20(21)27(37)35-12-13-36-25(16-35)31-32-26(36)22-4-2-3-11-30-22/h2-11,14-15H,12-13,16H2,1H3.